The van der Waals surface area contributed by atoms with Crippen LogP contribution in [0.5, 0.6) is 11.5 Å². The van der Waals surface area contributed by atoms with Crippen LogP contribution in [0.4, 0.5) is 0 Å². The van der Waals surface area contributed by atoms with E-state index in [0.717, 1.165) is 26.0 Å². The Morgan fingerprint density at radius 2 is 1.65 bits per heavy atom. The first kappa shape index (κ1) is 15.4. The van der Waals surface area contributed by atoms with Crippen LogP contribution in [0, 0.1) is 0 Å². The van der Waals surface area contributed by atoms with Crippen molar-refractivity contribution in [2.24, 2.45) is 5.73 Å². The topological polar surface area (TPSA) is 44.5 Å². The molecule has 0 saturated heterocycles. The molecular weight excluding hydrogens is 386 g/mol. The number of ether oxygens (including phenoxy) is 2. The Balaban J connectivity index is 2.06. The van der Waals surface area contributed by atoms with Crippen LogP contribution in [-0.4, -0.2) is 13.7 Å². The minimum atomic E-state index is -0.163. The fraction of sp³-hybridized carbons (Fsp3) is 0.200. The fourth-order valence-electron chi connectivity index (χ4n) is 1.75. The van der Waals surface area contributed by atoms with Gasteiger partial charge in [-0.25, -0.2) is 0 Å². The SMILES string of the molecule is COc1cc(Br)c(OCC(N)c2ccccc2)cc1Br. The lowest BCUT2D eigenvalue weighted by Crippen LogP contribution is -2.19. The van der Waals surface area contributed by atoms with Crippen LogP contribution in [0.25, 0.3) is 0 Å². The largest absolute Gasteiger partial charge is 0.496 e. The van der Waals surface area contributed by atoms with E-state index >= 15 is 0 Å². The van der Waals surface area contributed by atoms with Gasteiger partial charge in [-0.05, 0) is 49.6 Å². The van der Waals surface area contributed by atoms with Crippen LogP contribution in [0.3, 0.4) is 0 Å². The molecule has 5 heteroatoms. The summed E-state index contributed by atoms with van der Waals surface area (Å²) in [5.74, 6) is 1.47. The minimum Gasteiger partial charge on any atom is -0.496 e. The number of hydrogen-bond donors (Lipinski definition) is 1. The van der Waals surface area contributed by atoms with E-state index in [1.807, 2.05) is 42.5 Å². The van der Waals surface area contributed by atoms with Gasteiger partial charge in [0.05, 0.1) is 22.1 Å². The normalized spacial score (nSPS) is 12.0. The average molecular weight is 401 g/mol. The van der Waals surface area contributed by atoms with Gasteiger partial charge >= 0.3 is 0 Å². The van der Waals surface area contributed by atoms with Gasteiger partial charge in [0.2, 0.25) is 0 Å². The van der Waals surface area contributed by atoms with Crippen molar-refractivity contribution in [3.8, 4) is 11.5 Å². The molecule has 0 heterocycles. The number of hydrogen-bond acceptors (Lipinski definition) is 3. The van der Waals surface area contributed by atoms with E-state index in [0.29, 0.717) is 6.61 Å². The summed E-state index contributed by atoms with van der Waals surface area (Å²) in [4.78, 5) is 0. The summed E-state index contributed by atoms with van der Waals surface area (Å²) >= 11 is 6.90. The zero-order valence-corrected chi connectivity index (χ0v) is 14.1. The Kier molecular flexibility index (Phi) is 5.46. The summed E-state index contributed by atoms with van der Waals surface area (Å²) < 4.78 is 12.7. The standard InChI is InChI=1S/C15H15Br2NO2/c1-19-14-7-12(17)15(8-11(14)16)20-9-13(18)10-5-3-2-4-6-10/h2-8,13H,9,18H2,1H3. The predicted octanol–water partition coefficient (Wildman–Crippen LogP) is 4.30. The predicted molar refractivity (Wildman–Crippen MR) is 87.3 cm³/mol. The first-order valence-electron chi connectivity index (χ1n) is 6.08. The Morgan fingerprint density at radius 1 is 1.05 bits per heavy atom. The molecular formula is C15H15Br2NO2. The molecule has 0 spiro atoms. The van der Waals surface area contributed by atoms with Gasteiger partial charge in [-0.2, -0.15) is 0 Å². The third-order valence-corrected chi connectivity index (χ3v) is 4.09. The lowest BCUT2D eigenvalue weighted by atomic mass is 10.1. The molecule has 2 rings (SSSR count). The maximum absolute atomic E-state index is 6.11. The lowest BCUT2D eigenvalue weighted by Gasteiger charge is -2.15. The Hall–Kier alpha value is -1.04. The molecule has 2 aromatic carbocycles. The molecule has 0 aliphatic heterocycles. The van der Waals surface area contributed by atoms with Crippen molar-refractivity contribution in [3.63, 3.8) is 0 Å². The molecule has 1 atom stereocenters. The molecule has 20 heavy (non-hydrogen) atoms. The maximum atomic E-state index is 6.11. The first-order chi connectivity index (χ1) is 9.61. The van der Waals surface area contributed by atoms with Gasteiger partial charge < -0.3 is 15.2 Å². The number of rotatable bonds is 5. The third kappa shape index (κ3) is 3.75. The van der Waals surface area contributed by atoms with Crippen molar-refractivity contribution < 1.29 is 9.47 Å². The second kappa shape index (κ2) is 7.11. The Morgan fingerprint density at radius 3 is 2.30 bits per heavy atom. The molecule has 0 fully saturated rings. The van der Waals surface area contributed by atoms with Gasteiger partial charge in [0.1, 0.15) is 18.1 Å². The summed E-state index contributed by atoms with van der Waals surface area (Å²) in [6, 6.07) is 13.4. The molecule has 2 aromatic rings. The van der Waals surface area contributed by atoms with Crippen molar-refractivity contribution in [2.45, 2.75) is 6.04 Å². The maximum Gasteiger partial charge on any atom is 0.134 e. The summed E-state index contributed by atoms with van der Waals surface area (Å²) in [6.45, 7) is 0.404. The number of benzene rings is 2. The van der Waals surface area contributed by atoms with Crippen LogP contribution >= 0.6 is 31.9 Å². The van der Waals surface area contributed by atoms with Gasteiger partial charge in [0.15, 0.2) is 0 Å². The molecule has 0 bridgehead atoms. The monoisotopic (exact) mass is 399 g/mol. The molecule has 1 unspecified atom stereocenters. The third-order valence-electron chi connectivity index (χ3n) is 2.85. The summed E-state index contributed by atoms with van der Waals surface area (Å²) in [5, 5.41) is 0. The van der Waals surface area contributed by atoms with Crippen molar-refractivity contribution >= 4 is 31.9 Å². The summed E-state index contributed by atoms with van der Waals surface area (Å²) in [6.07, 6.45) is 0. The highest BCUT2D eigenvalue weighted by Crippen LogP contribution is 2.36. The van der Waals surface area contributed by atoms with E-state index in [9.17, 15) is 0 Å². The van der Waals surface area contributed by atoms with Crippen molar-refractivity contribution in [2.75, 3.05) is 13.7 Å². The molecule has 0 aromatic heterocycles. The van der Waals surface area contributed by atoms with E-state index in [-0.39, 0.29) is 6.04 Å². The molecule has 0 amide bonds. The first-order valence-corrected chi connectivity index (χ1v) is 7.66. The van der Waals surface area contributed by atoms with Gasteiger partial charge in [-0.15, -0.1) is 0 Å². The van der Waals surface area contributed by atoms with Gasteiger partial charge in [0, 0.05) is 0 Å². The smallest absolute Gasteiger partial charge is 0.134 e. The molecule has 106 valence electrons. The van der Waals surface area contributed by atoms with Crippen LogP contribution in [-0.2, 0) is 0 Å². The van der Waals surface area contributed by atoms with Crippen LogP contribution < -0.4 is 15.2 Å². The van der Waals surface area contributed by atoms with Crippen molar-refractivity contribution in [1.82, 2.24) is 0 Å². The Labute approximate surface area is 135 Å². The van der Waals surface area contributed by atoms with Crippen molar-refractivity contribution in [1.29, 1.82) is 0 Å². The number of nitrogens with two attached hydrogens (primary N) is 1. The quantitative estimate of drug-likeness (QED) is 0.813. The highest BCUT2D eigenvalue weighted by molar-refractivity contribution is 9.11. The minimum absolute atomic E-state index is 0.163. The zero-order chi connectivity index (χ0) is 14.5. The average Bonchev–Trinajstić information content (AvgIpc) is 2.48. The number of methoxy groups -OCH3 is 1. The van der Waals surface area contributed by atoms with E-state index in [1.54, 1.807) is 7.11 Å². The van der Waals surface area contributed by atoms with E-state index < -0.39 is 0 Å². The van der Waals surface area contributed by atoms with Crippen molar-refractivity contribution in [3.05, 3.63) is 57.0 Å². The molecule has 2 N–H and O–H groups in total. The summed E-state index contributed by atoms with van der Waals surface area (Å²) in [5.41, 5.74) is 7.16. The molecule has 0 aliphatic carbocycles. The van der Waals surface area contributed by atoms with Crippen LogP contribution in [0.2, 0.25) is 0 Å². The number of halogens is 2. The Bertz CT molecular complexity index is 576. The van der Waals surface area contributed by atoms with E-state index in [4.69, 9.17) is 15.2 Å². The molecule has 0 saturated carbocycles. The highest BCUT2D eigenvalue weighted by Gasteiger charge is 2.11. The van der Waals surface area contributed by atoms with E-state index in [2.05, 4.69) is 31.9 Å². The van der Waals surface area contributed by atoms with Gasteiger partial charge in [0.25, 0.3) is 0 Å². The van der Waals surface area contributed by atoms with Gasteiger partial charge in [-0.1, -0.05) is 30.3 Å². The molecule has 0 aliphatic rings. The molecule has 3 nitrogen and oxygen atoms in total. The second-order valence-electron chi connectivity index (χ2n) is 4.25. The van der Waals surface area contributed by atoms with Crippen LogP contribution in [0.1, 0.15) is 11.6 Å². The molecule has 0 radical (unpaired) electrons. The van der Waals surface area contributed by atoms with Gasteiger partial charge in [-0.3, -0.25) is 0 Å². The lowest BCUT2D eigenvalue weighted by molar-refractivity contribution is 0.288. The van der Waals surface area contributed by atoms with Crippen LogP contribution in [0.15, 0.2) is 51.4 Å². The highest BCUT2D eigenvalue weighted by atomic mass is 79.9. The second-order valence-corrected chi connectivity index (χ2v) is 5.95. The fourth-order valence-corrected chi connectivity index (χ4v) is 2.67. The van der Waals surface area contributed by atoms with E-state index in [1.165, 1.54) is 0 Å². The zero-order valence-electron chi connectivity index (χ0n) is 11.0. The summed E-state index contributed by atoms with van der Waals surface area (Å²) in [7, 11) is 1.62.